The highest BCUT2D eigenvalue weighted by molar-refractivity contribution is 5.91. The number of carboxylic acids is 1. The van der Waals surface area contributed by atoms with Crippen molar-refractivity contribution in [1.82, 2.24) is 24.4 Å². The van der Waals surface area contributed by atoms with Crippen molar-refractivity contribution in [1.29, 1.82) is 0 Å². The van der Waals surface area contributed by atoms with E-state index in [1.54, 1.807) is 0 Å². The standard InChI is InChI=1S/C7H7N5O4/c1-16-3-12-7(15)11-2-8-4(6(13)14)5(11)9-10-12/h2H,3H2,1H3,(H,13,14). The second-order valence-corrected chi connectivity index (χ2v) is 2.88. The maximum Gasteiger partial charge on any atom is 0.358 e. The molecule has 9 heteroatoms. The number of imidazole rings is 1. The van der Waals surface area contributed by atoms with Crippen LogP contribution in [0.5, 0.6) is 0 Å². The van der Waals surface area contributed by atoms with Crippen LogP contribution in [0, 0.1) is 0 Å². The van der Waals surface area contributed by atoms with Crippen molar-refractivity contribution in [2.24, 2.45) is 0 Å². The van der Waals surface area contributed by atoms with E-state index in [-0.39, 0.29) is 18.1 Å². The molecule has 0 saturated heterocycles. The molecule has 0 aromatic carbocycles. The van der Waals surface area contributed by atoms with Gasteiger partial charge in [0.15, 0.2) is 11.3 Å². The predicted octanol–water partition coefficient (Wildman–Crippen LogP) is -1.41. The van der Waals surface area contributed by atoms with Gasteiger partial charge in [0.1, 0.15) is 13.1 Å². The first kappa shape index (κ1) is 10.2. The molecule has 16 heavy (non-hydrogen) atoms. The van der Waals surface area contributed by atoms with Crippen LogP contribution in [0.3, 0.4) is 0 Å². The van der Waals surface area contributed by atoms with Crippen LogP contribution in [0.2, 0.25) is 0 Å². The van der Waals surface area contributed by atoms with Crippen molar-refractivity contribution in [2.45, 2.75) is 6.73 Å². The second-order valence-electron chi connectivity index (χ2n) is 2.88. The van der Waals surface area contributed by atoms with Crippen LogP contribution in [0.15, 0.2) is 11.1 Å². The lowest BCUT2D eigenvalue weighted by Crippen LogP contribution is -2.30. The highest BCUT2D eigenvalue weighted by Gasteiger charge is 2.16. The van der Waals surface area contributed by atoms with Gasteiger partial charge in [-0.2, -0.15) is 4.68 Å². The summed E-state index contributed by atoms with van der Waals surface area (Å²) in [5.41, 5.74) is -0.967. The van der Waals surface area contributed by atoms with Gasteiger partial charge in [-0.15, -0.1) is 5.10 Å². The molecule has 0 saturated carbocycles. The Hall–Kier alpha value is -2.29. The van der Waals surface area contributed by atoms with E-state index >= 15 is 0 Å². The lowest BCUT2D eigenvalue weighted by atomic mass is 10.5. The van der Waals surface area contributed by atoms with E-state index in [2.05, 4.69) is 15.3 Å². The van der Waals surface area contributed by atoms with Crippen molar-refractivity contribution in [2.75, 3.05) is 7.11 Å². The number of rotatable bonds is 3. The molecule has 0 spiro atoms. The van der Waals surface area contributed by atoms with Gasteiger partial charge < -0.3 is 9.84 Å². The summed E-state index contributed by atoms with van der Waals surface area (Å²) in [4.78, 5) is 25.9. The number of aromatic nitrogens is 5. The number of nitrogens with zero attached hydrogens (tertiary/aromatic N) is 5. The average molecular weight is 225 g/mol. The summed E-state index contributed by atoms with van der Waals surface area (Å²) in [5, 5.41) is 15.9. The zero-order valence-corrected chi connectivity index (χ0v) is 8.19. The van der Waals surface area contributed by atoms with Crippen LogP contribution < -0.4 is 5.69 Å². The van der Waals surface area contributed by atoms with E-state index in [1.165, 1.54) is 7.11 Å². The van der Waals surface area contributed by atoms with E-state index in [1.807, 2.05) is 0 Å². The number of carboxylic acid groups (broad SMARTS) is 1. The van der Waals surface area contributed by atoms with Gasteiger partial charge in [0.2, 0.25) is 0 Å². The van der Waals surface area contributed by atoms with Crippen LogP contribution in [0.25, 0.3) is 5.65 Å². The molecule has 0 amide bonds. The van der Waals surface area contributed by atoms with Gasteiger partial charge in [-0.05, 0) is 0 Å². The normalized spacial score (nSPS) is 10.8. The van der Waals surface area contributed by atoms with Gasteiger partial charge in [-0.25, -0.2) is 19.0 Å². The molecule has 2 heterocycles. The Morgan fingerprint density at radius 3 is 3.00 bits per heavy atom. The third-order valence-electron chi connectivity index (χ3n) is 1.87. The number of hydrogen-bond donors (Lipinski definition) is 1. The first-order valence-electron chi connectivity index (χ1n) is 4.18. The fraction of sp³-hybridized carbons (Fsp3) is 0.286. The second kappa shape index (κ2) is 3.70. The lowest BCUT2D eigenvalue weighted by Gasteiger charge is -2.00. The predicted molar refractivity (Wildman–Crippen MR) is 49.0 cm³/mol. The van der Waals surface area contributed by atoms with Crippen LogP contribution in [-0.2, 0) is 11.5 Å². The Morgan fingerprint density at radius 2 is 2.38 bits per heavy atom. The van der Waals surface area contributed by atoms with Crippen molar-refractivity contribution >= 4 is 11.6 Å². The summed E-state index contributed by atoms with van der Waals surface area (Å²) in [6, 6.07) is 0. The summed E-state index contributed by atoms with van der Waals surface area (Å²) in [7, 11) is 1.40. The molecule has 9 nitrogen and oxygen atoms in total. The molecule has 0 aliphatic heterocycles. The molecule has 2 aromatic rings. The molecule has 0 aliphatic carbocycles. The Balaban J connectivity index is 2.69. The summed E-state index contributed by atoms with van der Waals surface area (Å²) >= 11 is 0. The van der Waals surface area contributed by atoms with Gasteiger partial charge in [0.05, 0.1) is 0 Å². The van der Waals surface area contributed by atoms with E-state index in [0.717, 1.165) is 15.4 Å². The number of hydrogen-bond acceptors (Lipinski definition) is 6. The van der Waals surface area contributed by atoms with Crippen LogP contribution >= 0.6 is 0 Å². The largest absolute Gasteiger partial charge is 0.476 e. The molecule has 0 unspecified atom stereocenters. The van der Waals surface area contributed by atoms with E-state index < -0.39 is 11.7 Å². The van der Waals surface area contributed by atoms with Gasteiger partial charge in [0, 0.05) is 7.11 Å². The molecule has 84 valence electrons. The summed E-state index contributed by atoms with van der Waals surface area (Å²) in [6.45, 7) is -0.0671. The topological polar surface area (TPSA) is 112 Å². The Labute approximate surface area is 87.9 Å². The zero-order valence-electron chi connectivity index (χ0n) is 8.19. The number of ether oxygens (including phenoxy) is 1. The van der Waals surface area contributed by atoms with E-state index in [9.17, 15) is 9.59 Å². The third-order valence-corrected chi connectivity index (χ3v) is 1.87. The minimum absolute atomic E-state index is 0.0671. The molecule has 0 aliphatic rings. The van der Waals surface area contributed by atoms with Crippen LogP contribution in [0.4, 0.5) is 0 Å². The summed E-state index contributed by atoms with van der Waals surface area (Å²) in [6.07, 6.45) is 1.09. The SMILES string of the molecule is COCn1nnc2c(C(=O)O)ncn2c1=O. The van der Waals surface area contributed by atoms with Crippen molar-refractivity contribution in [3.05, 3.63) is 22.5 Å². The Kier molecular flexibility index (Phi) is 2.37. The van der Waals surface area contributed by atoms with Crippen molar-refractivity contribution in [3.63, 3.8) is 0 Å². The molecule has 0 bridgehead atoms. The van der Waals surface area contributed by atoms with Gasteiger partial charge in [-0.1, -0.05) is 5.21 Å². The number of aromatic carboxylic acids is 1. The molecule has 0 atom stereocenters. The minimum Gasteiger partial charge on any atom is -0.476 e. The monoisotopic (exact) mass is 225 g/mol. The summed E-state index contributed by atoms with van der Waals surface area (Å²) < 4.78 is 6.66. The molecule has 0 radical (unpaired) electrons. The fourth-order valence-corrected chi connectivity index (χ4v) is 1.19. The smallest absolute Gasteiger partial charge is 0.358 e. The Morgan fingerprint density at radius 1 is 1.62 bits per heavy atom. The average Bonchev–Trinajstić information content (AvgIpc) is 2.67. The van der Waals surface area contributed by atoms with E-state index in [4.69, 9.17) is 9.84 Å². The number of carbonyl (C=O) groups is 1. The lowest BCUT2D eigenvalue weighted by molar-refractivity contribution is 0.0693. The van der Waals surface area contributed by atoms with Gasteiger partial charge in [-0.3, -0.25) is 0 Å². The third kappa shape index (κ3) is 1.42. The maximum absolute atomic E-state index is 11.7. The first-order valence-corrected chi connectivity index (χ1v) is 4.18. The minimum atomic E-state index is -1.26. The van der Waals surface area contributed by atoms with Gasteiger partial charge in [0.25, 0.3) is 0 Å². The fourth-order valence-electron chi connectivity index (χ4n) is 1.19. The molecule has 1 N–H and O–H groups in total. The van der Waals surface area contributed by atoms with Crippen molar-refractivity contribution < 1.29 is 14.6 Å². The zero-order chi connectivity index (χ0) is 11.7. The van der Waals surface area contributed by atoms with Gasteiger partial charge >= 0.3 is 11.7 Å². The molecular weight excluding hydrogens is 218 g/mol. The van der Waals surface area contributed by atoms with Crippen molar-refractivity contribution in [3.8, 4) is 0 Å². The summed E-state index contributed by atoms with van der Waals surface area (Å²) in [5.74, 6) is -1.26. The molecule has 2 aromatic heterocycles. The molecular formula is C7H7N5O4. The highest BCUT2D eigenvalue weighted by Crippen LogP contribution is 2.01. The first-order chi connectivity index (χ1) is 7.65. The Bertz CT molecular complexity index is 600. The maximum atomic E-state index is 11.7. The van der Waals surface area contributed by atoms with Crippen LogP contribution in [-0.4, -0.2) is 42.6 Å². The molecule has 2 rings (SSSR count). The highest BCUT2D eigenvalue weighted by atomic mass is 16.5. The quantitative estimate of drug-likeness (QED) is 0.682. The number of methoxy groups -OCH3 is 1. The van der Waals surface area contributed by atoms with E-state index in [0.29, 0.717) is 0 Å². The molecule has 0 fully saturated rings. The number of fused-ring (bicyclic) bond motifs is 1. The van der Waals surface area contributed by atoms with Crippen LogP contribution in [0.1, 0.15) is 10.5 Å².